The third kappa shape index (κ3) is 7.15. The van der Waals surface area contributed by atoms with E-state index < -0.39 is 0 Å². The molecule has 7 heteroatoms. The van der Waals surface area contributed by atoms with Crippen LogP contribution in [0.2, 0.25) is 0 Å². The maximum absolute atomic E-state index is 12.5. The van der Waals surface area contributed by atoms with E-state index in [-0.39, 0.29) is 29.2 Å². The first-order valence-electron chi connectivity index (χ1n) is 8.94. The molecular weight excluding hydrogens is 332 g/mol. The standard InChI is InChI=1S/C19H34N4O3/c1-18(2,3)12-17(25)23(9-10-26-8)13-16(24)20-15-11-14(19(4,5)6)21-22(15)7/h11H,9-10,12-13H2,1-8H3,(H,20,24). The second-order valence-corrected chi connectivity index (χ2v) is 8.88. The number of aryl methyl sites for hydroxylation is 1. The van der Waals surface area contributed by atoms with Gasteiger partial charge in [-0.05, 0) is 5.41 Å². The highest BCUT2D eigenvalue weighted by Gasteiger charge is 2.24. The number of hydrogen-bond acceptors (Lipinski definition) is 4. The predicted octanol–water partition coefficient (Wildman–Crippen LogP) is 2.57. The Balaban J connectivity index is 2.80. The van der Waals surface area contributed by atoms with Gasteiger partial charge in [0, 0.05) is 38.6 Å². The van der Waals surface area contributed by atoms with E-state index in [0.29, 0.717) is 25.4 Å². The number of carbonyl (C=O) groups excluding carboxylic acids is 2. The van der Waals surface area contributed by atoms with Crippen molar-refractivity contribution in [2.24, 2.45) is 12.5 Å². The van der Waals surface area contributed by atoms with Crippen LogP contribution in [0.15, 0.2) is 6.07 Å². The number of ether oxygens (including phenoxy) is 1. The maximum atomic E-state index is 12.5. The molecule has 0 aliphatic carbocycles. The Morgan fingerprint density at radius 2 is 1.85 bits per heavy atom. The summed E-state index contributed by atoms with van der Waals surface area (Å²) >= 11 is 0. The summed E-state index contributed by atoms with van der Waals surface area (Å²) < 4.78 is 6.72. The minimum atomic E-state index is -0.244. The van der Waals surface area contributed by atoms with Crippen LogP contribution >= 0.6 is 0 Å². The fourth-order valence-electron chi connectivity index (χ4n) is 2.37. The van der Waals surface area contributed by atoms with Gasteiger partial charge in [0.05, 0.1) is 18.8 Å². The van der Waals surface area contributed by atoms with Crippen molar-refractivity contribution in [3.8, 4) is 0 Å². The minimum Gasteiger partial charge on any atom is -0.383 e. The van der Waals surface area contributed by atoms with E-state index in [4.69, 9.17) is 4.74 Å². The van der Waals surface area contributed by atoms with Crippen molar-refractivity contribution in [3.63, 3.8) is 0 Å². The molecule has 0 aliphatic rings. The number of rotatable bonds is 7. The summed E-state index contributed by atoms with van der Waals surface area (Å²) in [4.78, 5) is 26.6. The van der Waals surface area contributed by atoms with E-state index in [2.05, 4.69) is 31.2 Å². The SMILES string of the molecule is COCCN(CC(=O)Nc1cc(C(C)(C)C)nn1C)C(=O)CC(C)(C)C. The summed E-state index contributed by atoms with van der Waals surface area (Å²) in [7, 11) is 3.37. The maximum Gasteiger partial charge on any atom is 0.245 e. The molecule has 0 saturated heterocycles. The van der Waals surface area contributed by atoms with E-state index in [0.717, 1.165) is 5.69 Å². The van der Waals surface area contributed by atoms with Gasteiger partial charge in [0.15, 0.2) is 0 Å². The van der Waals surface area contributed by atoms with Crippen LogP contribution in [0.4, 0.5) is 5.82 Å². The molecule has 1 rings (SSSR count). The van der Waals surface area contributed by atoms with Gasteiger partial charge in [-0.25, -0.2) is 0 Å². The molecule has 148 valence electrons. The number of methoxy groups -OCH3 is 1. The summed E-state index contributed by atoms with van der Waals surface area (Å²) in [6.07, 6.45) is 0.379. The van der Waals surface area contributed by atoms with Crippen LogP contribution in [-0.2, 0) is 26.8 Å². The number of nitrogens with zero attached hydrogens (tertiary/aromatic N) is 3. The lowest BCUT2D eigenvalue weighted by molar-refractivity contribution is -0.136. The van der Waals surface area contributed by atoms with Crippen LogP contribution in [0.25, 0.3) is 0 Å². The molecule has 0 unspecified atom stereocenters. The van der Waals surface area contributed by atoms with E-state index in [1.165, 1.54) is 0 Å². The van der Waals surface area contributed by atoms with Gasteiger partial charge in [0.2, 0.25) is 11.8 Å². The van der Waals surface area contributed by atoms with Crippen molar-refractivity contribution in [1.82, 2.24) is 14.7 Å². The van der Waals surface area contributed by atoms with Crippen molar-refractivity contribution < 1.29 is 14.3 Å². The van der Waals surface area contributed by atoms with E-state index in [1.807, 2.05) is 26.8 Å². The van der Waals surface area contributed by atoms with Gasteiger partial charge in [-0.2, -0.15) is 5.10 Å². The summed E-state index contributed by atoms with van der Waals surface area (Å²) in [6.45, 7) is 13.0. The zero-order chi connectivity index (χ0) is 20.1. The highest BCUT2D eigenvalue weighted by Crippen LogP contribution is 2.23. The molecule has 1 aromatic rings. The number of carbonyl (C=O) groups is 2. The van der Waals surface area contributed by atoms with E-state index in [1.54, 1.807) is 23.7 Å². The van der Waals surface area contributed by atoms with Gasteiger partial charge < -0.3 is 15.0 Å². The Bertz CT molecular complexity index is 624. The summed E-state index contributed by atoms with van der Waals surface area (Å²) in [5.41, 5.74) is 0.659. The summed E-state index contributed by atoms with van der Waals surface area (Å²) in [5.74, 6) is 0.326. The molecule has 26 heavy (non-hydrogen) atoms. The second-order valence-electron chi connectivity index (χ2n) is 8.88. The Kier molecular flexibility index (Phi) is 7.38. The average Bonchev–Trinajstić information content (AvgIpc) is 2.82. The van der Waals surface area contributed by atoms with Gasteiger partial charge in [-0.1, -0.05) is 41.5 Å². The molecule has 0 fully saturated rings. The molecule has 1 heterocycles. The Morgan fingerprint density at radius 1 is 1.23 bits per heavy atom. The van der Waals surface area contributed by atoms with Crippen molar-refractivity contribution in [3.05, 3.63) is 11.8 Å². The lowest BCUT2D eigenvalue weighted by Gasteiger charge is -2.26. The van der Waals surface area contributed by atoms with Crippen molar-refractivity contribution in [1.29, 1.82) is 0 Å². The number of amides is 2. The second kappa shape index (κ2) is 8.66. The van der Waals surface area contributed by atoms with Crippen LogP contribution in [-0.4, -0.2) is 53.3 Å². The molecule has 0 aromatic carbocycles. The molecule has 2 amide bonds. The smallest absolute Gasteiger partial charge is 0.245 e. The van der Waals surface area contributed by atoms with Crippen molar-refractivity contribution >= 4 is 17.6 Å². The third-order valence-corrected chi connectivity index (χ3v) is 3.85. The first-order valence-corrected chi connectivity index (χ1v) is 8.94. The fraction of sp³-hybridized carbons (Fsp3) is 0.737. The molecule has 0 bridgehead atoms. The average molecular weight is 367 g/mol. The van der Waals surface area contributed by atoms with Crippen molar-refractivity contribution in [2.45, 2.75) is 53.4 Å². The lowest BCUT2D eigenvalue weighted by atomic mass is 9.91. The molecule has 0 aliphatic heterocycles. The molecule has 1 aromatic heterocycles. The topological polar surface area (TPSA) is 76.5 Å². The molecule has 7 nitrogen and oxygen atoms in total. The van der Waals surface area contributed by atoms with Crippen molar-refractivity contribution in [2.75, 3.05) is 32.1 Å². The van der Waals surface area contributed by atoms with Gasteiger partial charge in [-0.15, -0.1) is 0 Å². The Labute approximate surface area is 157 Å². The minimum absolute atomic E-state index is 0.00565. The lowest BCUT2D eigenvalue weighted by Crippen LogP contribution is -2.41. The number of hydrogen-bond donors (Lipinski definition) is 1. The normalized spacial score (nSPS) is 12.2. The summed E-state index contributed by atoms with van der Waals surface area (Å²) in [6, 6.07) is 1.87. The fourth-order valence-corrected chi connectivity index (χ4v) is 2.37. The first-order chi connectivity index (χ1) is 11.8. The molecular formula is C19H34N4O3. The Hall–Kier alpha value is -1.89. The predicted molar refractivity (Wildman–Crippen MR) is 103 cm³/mol. The quantitative estimate of drug-likeness (QED) is 0.805. The van der Waals surface area contributed by atoms with Crippen LogP contribution in [0, 0.1) is 5.41 Å². The van der Waals surface area contributed by atoms with Gasteiger partial charge >= 0.3 is 0 Å². The number of aromatic nitrogens is 2. The molecule has 0 saturated carbocycles. The van der Waals surface area contributed by atoms with E-state index >= 15 is 0 Å². The Morgan fingerprint density at radius 3 is 2.31 bits per heavy atom. The largest absolute Gasteiger partial charge is 0.383 e. The molecule has 0 spiro atoms. The highest BCUT2D eigenvalue weighted by atomic mass is 16.5. The molecule has 0 atom stereocenters. The first kappa shape index (κ1) is 22.2. The highest BCUT2D eigenvalue weighted by molar-refractivity contribution is 5.94. The van der Waals surface area contributed by atoms with Gasteiger partial charge in [0.1, 0.15) is 5.82 Å². The number of nitrogens with one attached hydrogen (secondary N) is 1. The van der Waals surface area contributed by atoms with Gasteiger partial charge in [0.25, 0.3) is 0 Å². The van der Waals surface area contributed by atoms with Crippen LogP contribution < -0.4 is 5.32 Å². The van der Waals surface area contributed by atoms with Crippen LogP contribution in [0.1, 0.15) is 53.7 Å². The summed E-state index contributed by atoms with van der Waals surface area (Å²) in [5, 5.41) is 7.30. The van der Waals surface area contributed by atoms with Crippen LogP contribution in [0.3, 0.4) is 0 Å². The van der Waals surface area contributed by atoms with Gasteiger partial charge in [-0.3, -0.25) is 14.3 Å². The molecule has 0 radical (unpaired) electrons. The monoisotopic (exact) mass is 366 g/mol. The van der Waals surface area contributed by atoms with Crippen LogP contribution in [0.5, 0.6) is 0 Å². The molecule has 1 N–H and O–H groups in total. The zero-order valence-electron chi connectivity index (χ0n) is 17.5. The number of anilines is 1. The zero-order valence-corrected chi connectivity index (χ0v) is 17.5. The van der Waals surface area contributed by atoms with E-state index in [9.17, 15) is 9.59 Å². The third-order valence-electron chi connectivity index (χ3n) is 3.85.